The molecule has 0 fully saturated rings. The molecule has 1 aromatic carbocycles. The third-order valence-corrected chi connectivity index (χ3v) is 3.68. The van der Waals surface area contributed by atoms with E-state index in [-0.39, 0.29) is 6.10 Å². The third kappa shape index (κ3) is 6.41. The Morgan fingerprint density at radius 2 is 1.76 bits per heavy atom. The van der Waals surface area contributed by atoms with Crippen LogP contribution in [0.1, 0.15) is 50.7 Å². The molecule has 2 heteroatoms. The van der Waals surface area contributed by atoms with Crippen molar-refractivity contribution in [3.63, 3.8) is 0 Å². The van der Waals surface area contributed by atoms with Gasteiger partial charge in [0.25, 0.3) is 0 Å². The summed E-state index contributed by atoms with van der Waals surface area (Å²) in [5, 5.41) is 0. The maximum Gasteiger partial charge on any atom is 0.0914 e. The van der Waals surface area contributed by atoms with Crippen molar-refractivity contribution in [1.29, 1.82) is 0 Å². The second kappa shape index (κ2) is 9.89. The molecule has 0 saturated heterocycles. The lowest BCUT2D eigenvalue weighted by atomic mass is 10.1. The van der Waals surface area contributed by atoms with Crippen LogP contribution in [-0.2, 0) is 4.74 Å². The first-order valence-electron chi connectivity index (χ1n) is 6.61. The van der Waals surface area contributed by atoms with E-state index in [9.17, 15) is 0 Å². The SMILES string of the molecule is CCCCCCCOC(CI)c1ccccc1. The fraction of sp³-hybridized carbons (Fsp3) is 0.600. The minimum absolute atomic E-state index is 0.267. The number of rotatable bonds is 9. The predicted molar refractivity (Wildman–Crippen MR) is 82.8 cm³/mol. The summed E-state index contributed by atoms with van der Waals surface area (Å²) in [5.41, 5.74) is 1.30. The van der Waals surface area contributed by atoms with Gasteiger partial charge in [-0.15, -0.1) is 0 Å². The lowest BCUT2D eigenvalue weighted by molar-refractivity contribution is 0.0679. The van der Waals surface area contributed by atoms with Gasteiger partial charge in [0.05, 0.1) is 6.10 Å². The van der Waals surface area contributed by atoms with Crippen LogP contribution in [0.15, 0.2) is 30.3 Å². The van der Waals surface area contributed by atoms with Gasteiger partial charge in [-0.3, -0.25) is 0 Å². The van der Waals surface area contributed by atoms with Crippen molar-refractivity contribution >= 4 is 22.6 Å². The standard InChI is InChI=1S/C15H23IO/c1-2-3-4-5-9-12-17-15(13-16)14-10-7-6-8-11-14/h6-8,10-11,15H,2-5,9,12-13H2,1H3. The van der Waals surface area contributed by atoms with Crippen molar-refractivity contribution in [3.8, 4) is 0 Å². The Bertz CT molecular complexity index is 274. The van der Waals surface area contributed by atoms with E-state index in [1.54, 1.807) is 0 Å². The molecule has 0 aliphatic heterocycles. The molecule has 96 valence electrons. The number of unbranched alkanes of at least 4 members (excludes halogenated alkanes) is 4. The zero-order chi connectivity index (χ0) is 12.3. The summed E-state index contributed by atoms with van der Waals surface area (Å²) in [6.07, 6.45) is 6.77. The molecule has 0 heterocycles. The van der Waals surface area contributed by atoms with Crippen molar-refractivity contribution in [2.24, 2.45) is 0 Å². The lowest BCUT2D eigenvalue weighted by Crippen LogP contribution is -2.06. The van der Waals surface area contributed by atoms with E-state index in [1.807, 2.05) is 0 Å². The average Bonchev–Trinajstić information content (AvgIpc) is 2.39. The molecule has 0 amide bonds. The highest BCUT2D eigenvalue weighted by Crippen LogP contribution is 2.20. The molecule has 0 bridgehead atoms. The number of hydrogen-bond acceptors (Lipinski definition) is 1. The molecule has 0 aliphatic rings. The molecule has 0 spiro atoms. The molecule has 0 radical (unpaired) electrons. The Balaban J connectivity index is 2.20. The highest BCUT2D eigenvalue weighted by atomic mass is 127. The van der Waals surface area contributed by atoms with Crippen LogP contribution in [0.5, 0.6) is 0 Å². The first kappa shape index (κ1) is 15.0. The van der Waals surface area contributed by atoms with Crippen LogP contribution in [0.2, 0.25) is 0 Å². The van der Waals surface area contributed by atoms with Crippen LogP contribution in [0.4, 0.5) is 0 Å². The van der Waals surface area contributed by atoms with Gasteiger partial charge in [0.1, 0.15) is 0 Å². The van der Waals surface area contributed by atoms with Gasteiger partial charge in [0.2, 0.25) is 0 Å². The monoisotopic (exact) mass is 346 g/mol. The Labute approximate surface area is 119 Å². The molecule has 17 heavy (non-hydrogen) atoms. The van der Waals surface area contributed by atoms with Crippen LogP contribution in [0, 0.1) is 0 Å². The first-order chi connectivity index (χ1) is 8.38. The first-order valence-corrected chi connectivity index (χ1v) is 8.13. The summed E-state index contributed by atoms with van der Waals surface area (Å²) in [7, 11) is 0. The third-order valence-electron chi connectivity index (χ3n) is 2.88. The van der Waals surface area contributed by atoms with E-state index in [0.29, 0.717) is 0 Å². The van der Waals surface area contributed by atoms with E-state index in [4.69, 9.17) is 4.74 Å². The maximum absolute atomic E-state index is 5.95. The minimum Gasteiger partial charge on any atom is -0.373 e. The second-order valence-electron chi connectivity index (χ2n) is 4.34. The van der Waals surface area contributed by atoms with Crippen LogP contribution in [0.25, 0.3) is 0 Å². The van der Waals surface area contributed by atoms with E-state index in [2.05, 4.69) is 59.8 Å². The molecular formula is C15H23IO. The lowest BCUT2D eigenvalue weighted by Gasteiger charge is -2.15. The molecule has 1 nitrogen and oxygen atoms in total. The van der Waals surface area contributed by atoms with Crippen LogP contribution >= 0.6 is 22.6 Å². The van der Waals surface area contributed by atoms with Crippen LogP contribution in [-0.4, -0.2) is 11.0 Å². The number of halogens is 1. The highest BCUT2D eigenvalue weighted by Gasteiger charge is 2.08. The average molecular weight is 346 g/mol. The van der Waals surface area contributed by atoms with E-state index in [0.717, 1.165) is 11.0 Å². The Morgan fingerprint density at radius 1 is 1.06 bits per heavy atom. The summed E-state index contributed by atoms with van der Waals surface area (Å²) in [6, 6.07) is 10.5. The number of benzene rings is 1. The summed E-state index contributed by atoms with van der Waals surface area (Å²) in [4.78, 5) is 0. The van der Waals surface area contributed by atoms with E-state index < -0.39 is 0 Å². The Kier molecular flexibility index (Phi) is 8.71. The number of hydrogen-bond donors (Lipinski definition) is 0. The molecule has 0 saturated carbocycles. The van der Waals surface area contributed by atoms with E-state index in [1.165, 1.54) is 37.7 Å². The molecular weight excluding hydrogens is 323 g/mol. The smallest absolute Gasteiger partial charge is 0.0914 e. The van der Waals surface area contributed by atoms with Crippen molar-refractivity contribution in [1.82, 2.24) is 0 Å². The van der Waals surface area contributed by atoms with Gasteiger partial charge in [-0.2, -0.15) is 0 Å². The van der Waals surface area contributed by atoms with Gasteiger partial charge in [0.15, 0.2) is 0 Å². The highest BCUT2D eigenvalue weighted by molar-refractivity contribution is 14.1. The predicted octanol–water partition coefficient (Wildman–Crippen LogP) is 5.15. The van der Waals surface area contributed by atoms with Gasteiger partial charge >= 0.3 is 0 Å². The topological polar surface area (TPSA) is 9.23 Å². The van der Waals surface area contributed by atoms with Crippen LogP contribution < -0.4 is 0 Å². The van der Waals surface area contributed by atoms with Crippen molar-refractivity contribution in [2.45, 2.75) is 45.1 Å². The fourth-order valence-corrected chi connectivity index (χ4v) is 2.59. The van der Waals surface area contributed by atoms with E-state index >= 15 is 0 Å². The van der Waals surface area contributed by atoms with Crippen molar-refractivity contribution < 1.29 is 4.74 Å². The molecule has 0 N–H and O–H groups in total. The largest absolute Gasteiger partial charge is 0.373 e. The van der Waals surface area contributed by atoms with Crippen molar-refractivity contribution in [2.75, 3.05) is 11.0 Å². The molecule has 1 aromatic rings. The molecule has 0 aromatic heterocycles. The Hall–Kier alpha value is -0.0900. The quantitative estimate of drug-likeness (QED) is 0.341. The number of ether oxygens (including phenoxy) is 1. The molecule has 1 rings (SSSR count). The molecule has 1 atom stereocenters. The zero-order valence-corrected chi connectivity index (χ0v) is 12.9. The van der Waals surface area contributed by atoms with Gasteiger partial charge in [-0.1, -0.05) is 85.5 Å². The van der Waals surface area contributed by atoms with Gasteiger partial charge in [-0.05, 0) is 12.0 Å². The summed E-state index contributed by atoms with van der Waals surface area (Å²) < 4.78 is 6.97. The zero-order valence-electron chi connectivity index (χ0n) is 10.7. The maximum atomic E-state index is 5.95. The minimum atomic E-state index is 0.267. The van der Waals surface area contributed by atoms with Gasteiger partial charge in [0, 0.05) is 11.0 Å². The summed E-state index contributed by atoms with van der Waals surface area (Å²) in [5.74, 6) is 0. The number of alkyl halides is 1. The summed E-state index contributed by atoms with van der Waals surface area (Å²) in [6.45, 7) is 3.14. The van der Waals surface area contributed by atoms with Crippen molar-refractivity contribution in [3.05, 3.63) is 35.9 Å². The molecule has 1 unspecified atom stereocenters. The molecule has 0 aliphatic carbocycles. The Morgan fingerprint density at radius 3 is 2.41 bits per heavy atom. The normalized spacial score (nSPS) is 12.6. The second-order valence-corrected chi connectivity index (χ2v) is 5.22. The van der Waals surface area contributed by atoms with Crippen LogP contribution in [0.3, 0.4) is 0 Å². The summed E-state index contributed by atoms with van der Waals surface area (Å²) >= 11 is 2.40. The van der Waals surface area contributed by atoms with Gasteiger partial charge in [-0.25, -0.2) is 0 Å². The van der Waals surface area contributed by atoms with Gasteiger partial charge < -0.3 is 4.74 Å². The fourth-order valence-electron chi connectivity index (χ4n) is 1.83.